The zero-order valence-electron chi connectivity index (χ0n) is 63.0. The first-order valence-electron chi connectivity index (χ1n) is 39.8. The van der Waals surface area contributed by atoms with Crippen molar-refractivity contribution < 1.29 is 80.2 Å². The van der Waals surface area contributed by atoms with Crippen molar-refractivity contribution in [2.45, 2.75) is 408 Å². The monoisotopic (exact) mass is 1410 g/mol. The first kappa shape index (κ1) is 94.1. The Morgan fingerprint density at radius 2 is 0.500 bits per heavy atom. The Labute approximate surface area is 588 Å². The predicted molar refractivity (Wildman–Crippen MR) is 391 cm³/mol. The van der Waals surface area contributed by atoms with E-state index in [9.17, 15) is 43.2 Å². The van der Waals surface area contributed by atoms with Gasteiger partial charge in [-0.1, -0.05) is 338 Å². The van der Waals surface area contributed by atoms with E-state index in [0.29, 0.717) is 25.7 Å². The molecule has 19 heteroatoms. The zero-order valence-corrected chi connectivity index (χ0v) is 64.8. The van der Waals surface area contributed by atoms with E-state index in [1.807, 2.05) is 0 Å². The quantitative estimate of drug-likeness (QED) is 0.0222. The predicted octanol–water partition coefficient (Wildman–Crippen LogP) is 22.4. The van der Waals surface area contributed by atoms with E-state index in [0.717, 1.165) is 120 Å². The van der Waals surface area contributed by atoms with Crippen LogP contribution >= 0.6 is 15.6 Å². The van der Waals surface area contributed by atoms with Gasteiger partial charge in [-0.25, -0.2) is 9.13 Å². The molecule has 0 aliphatic rings. The molecule has 0 bridgehead atoms. The molecule has 0 aromatic heterocycles. The molecule has 0 aromatic carbocycles. The average molecular weight is 1410 g/mol. The molecule has 0 saturated heterocycles. The maximum Gasteiger partial charge on any atom is 0.472 e. The van der Waals surface area contributed by atoms with Gasteiger partial charge in [0.15, 0.2) is 12.2 Å². The molecule has 5 unspecified atom stereocenters. The van der Waals surface area contributed by atoms with Crippen LogP contribution in [0.1, 0.15) is 389 Å². The number of aliphatic hydroxyl groups is 1. The lowest BCUT2D eigenvalue weighted by Crippen LogP contribution is -2.30. The van der Waals surface area contributed by atoms with Crippen molar-refractivity contribution in [2.75, 3.05) is 39.6 Å². The lowest BCUT2D eigenvalue weighted by Gasteiger charge is -2.21. The summed E-state index contributed by atoms with van der Waals surface area (Å²) in [5.41, 5.74) is 0. The van der Waals surface area contributed by atoms with Crippen molar-refractivity contribution in [3.63, 3.8) is 0 Å². The van der Waals surface area contributed by atoms with Gasteiger partial charge in [0.1, 0.15) is 19.3 Å². The summed E-state index contributed by atoms with van der Waals surface area (Å²) in [5, 5.41) is 10.6. The molecule has 0 radical (unpaired) electrons. The SMILES string of the molecule is CCC(C)CCCCCCCCCCCCC(=O)O[C@H](COC(=O)CCCCCCCCCCCCCCCCCC(C)C)COP(=O)(O)OC[C@@H](O)COP(=O)(O)OC[C@@H](COC(=O)CCCCCCCCC(C)CC)OC(=O)CCCCCCCCCCCCC(C)CC. The van der Waals surface area contributed by atoms with Gasteiger partial charge in [0.2, 0.25) is 0 Å². The third-order valence-corrected chi connectivity index (χ3v) is 20.8. The highest BCUT2D eigenvalue weighted by Crippen LogP contribution is 2.45. The van der Waals surface area contributed by atoms with Crippen molar-refractivity contribution in [3.05, 3.63) is 0 Å². The fourth-order valence-electron chi connectivity index (χ4n) is 11.6. The highest BCUT2D eigenvalue weighted by Gasteiger charge is 2.30. The van der Waals surface area contributed by atoms with Crippen LogP contribution in [0.4, 0.5) is 0 Å². The number of ether oxygens (including phenoxy) is 4. The lowest BCUT2D eigenvalue weighted by molar-refractivity contribution is -0.161. The number of unbranched alkanes of at least 4 members (excludes halogenated alkanes) is 37. The first-order chi connectivity index (χ1) is 46.2. The van der Waals surface area contributed by atoms with Gasteiger partial charge in [0, 0.05) is 25.7 Å². The largest absolute Gasteiger partial charge is 0.472 e. The summed E-state index contributed by atoms with van der Waals surface area (Å²) in [6, 6.07) is 0. The fourth-order valence-corrected chi connectivity index (χ4v) is 13.2. The second kappa shape index (κ2) is 66.3. The molecule has 0 fully saturated rings. The number of carbonyl (C=O) groups is 4. The molecule has 0 aliphatic heterocycles. The Kier molecular flexibility index (Phi) is 65.0. The van der Waals surface area contributed by atoms with E-state index >= 15 is 0 Å². The number of hydrogen-bond acceptors (Lipinski definition) is 15. The topological polar surface area (TPSA) is 237 Å². The third kappa shape index (κ3) is 66.6. The van der Waals surface area contributed by atoms with Crippen LogP contribution in [0.25, 0.3) is 0 Å². The van der Waals surface area contributed by atoms with E-state index in [1.165, 1.54) is 186 Å². The fraction of sp³-hybridized carbons (Fsp3) is 0.948. The Balaban J connectivity index is 5.25. The van der Waals surface area contributed by atoms with Crippen molar-refractivity contribution in [1.82, 2.24) is 0 Å². The molecule has 0 saturated carbocycles. The van der Waals surface area contributed by atoms with E-state index in [1.54, 1.807) is 0 Å². The average Bonchev–Trinajstić information content (AvgIpc) is 1.15. The third-order valence-electron chi connectivity index (χ3n) is 18.9. The van der Waals surface area contributed by atoms with Gasteiger partial charge < -0.3 is 33.8 Å². The Morgan fingerprint density at radius 3 is 0.740 bits per heavy atom. The molecular formula is C77H150O17P2. The van der Waals surface area contributed by atoms with Crippen LogP contribution in [-0.2, 0) is 65.4 Å². The number of hydrogen-bond donors (Lipinski definition) is 3. The smallest absolute Gasteiger partial charge is 0.462 e. The molecule has 96 heavy (non-hydrogen) atoms. The molecule has 0 rings (SSSR count). The van der Waals surface area contributed by atoms with Gasteiger partial charge in [-0.3, -0.25) is 37.3 Å². The molecule has 8 atom stereocenters. The van der Waals surface area contributed by atoms with Gasteiger partial charge in [-0.2, -0.15) is 0 Å². The highest BCUT2D eigenvalue weighted by atomic mass is 31.2. The normalized spacial score (nSPS) is 15.0. The van der Waals surface area contributed by atoms with E-state index in [2.05, 4.69) is 55.4 Å². The number of carbonyl (C=O) groups excluding carboxylic acids is 4. The summed E-state index contributed by atoms with van der Waals surface area (Å²) in [6.45, 7) is 14.2. The molecule has 0 heterocycles. The molecule has 17 nitrogen and oxygen atoms in total. The summed E-state index contributed by atoms with van der Waals surface area (Å²) in [6.07, 6.45) is 51.2. The molecule has 0 spiro atoms. The number of aliphatic hydroxyl groups excluding tert-OH is 1. The van der Waals surface area contributed by atoms with Crippen LogP contribution in [0.3, 0.4) is 0 Å². The van der Waals surface area contributed by atoms with Crippen LogP contribution in [-0.4, -0.2) is 96.7 Å². The molecule has 0 amide bonds. The van der Waals surface area contributed by atoms with E-state index in [4.69, 9.17) is 37.0 Å². The maximum absolute atomic E-state index is 13.1. The molecule has 0 aliphatic carbocycles. The van der Waals surface area contributed by atoms with Gasteiger partial charge in [-0.15, -0.1) is 0 Å². The van der Waals surface area contributed by atoms with Gasteiger partial charge >= 0.3 is 39.5 Å². The zero-order chi connectivity index (χ0) is 71.0. The van der Waals surface area contributed by atoms with E-state index in [-0.39, 0.29) is 25.7 Å². The Hall–Kier alpha value is -1.94. The van der Waals surface area contributed by atoms with Crippen molar-refractivity contribution >= 4 is 39.5 Å². The van der Waals surface area contributed by atoms with Gasteiger partial charge in [0.25, 0.3) is 0 Å². The summed E-state index contributed by atoms with van der Waals surface area (Å²) in [5.74, 6) is 1.02. The number of esters is 4. The van der Waals surface area contributed by atoms with Gasteiger partial charge in [-0.05, 0) is 49.4 Å². The van der Waals surface area contributed by atoms with Crippen LogP contribution in [0, 0.1) is 23.7 Å². The number of phosphoric acid groups is 2. The minimum absolute atomic E-state index is 0.105. The van der Waals surface area contributed by atoms with Crippen LogP contribution in [0.2, 0.25) is 0 Å². The Bertz CT molecular complexity index is 1890. The van der Waals surface area contributed by atoms with Crippen LogP contribution in [0.5, 0.6) is 0 Å². The molecule has 570 valence electrons. The summed E-state index contributed by atoms with van der Waals surface area (Å²) < 4.78 is 68.6. The minimum Gasteiger partial charge on any atom is -0.462 e. The number of rotatable bonds is 74. The second-order valence-corrected chi connectivity index (χ2v) is 31.9. The van der Waals surface area contributed by atoms with Crippen LogP contribution < -0.4 is 0 Å². The lowest BCUT2D eigenvalue weighted by atomic mass is 9.99. The maximum atomic E-state index is 13.1. The second-order valence-electron chi connectivity index (χ2n) is 28.9. The Morgan fingerprint density at radius 1 is 0.292 bits per heavy atom. The summed E-state index contributed by atoms with van der Waals surface area (Å²) in [7, 11) is -9.92. The molecule has 3 N–H and O–H groups in total. The molecular weight excluding hydrogens is 1260 g/mol. The van der Waals surface area contributed by atoms with Crippen LogP contribution in [0.15, 0.2) is 0 Å². The van der Waals surface area contributed by atoms with Crippen molar-refractivity contribution in [1.29, 1.82) is 0 Å². The summed E-state index contributed by atoms with van der Waals surface area (Å²) in [4.78, 5) is 72.9. The van der Waals surface area contributed by atoms with E-state index < -0.39 is 97.5 Å². The minimum atomic E-state index is -4.96. The first-order valence-corrected chi connectivity index (χ1v) is 42.8. The standard InChI is InChI=1S/C77H150O17P2/c1-9-68(6)54-46-38-30-24-19-21-27-33-43-51-59-76(81)93-72(63-87-74(79)57-49-41-32-26-18-16-14-12-13-15-17-23-29-37-45-53-67(4)5)65-91-95(83,84)89-61-71(78)62-90-96(85,86)92-66-73(64-88-75(80)58-50-42-36-35-40-48-56-70(8)11-3)94-77(82)60-52-44-34-28-22-20-25-31-39-47-55-69(7)10-2/h67-73,78H,9-66H2,1-8H3,(H,83,84)(H,85,86)/t68?,69?,70?,71-,72-,73-/m1/s1. The van der Waals surface area contributed by atoms with Crippen molar-refractivity contribution in [2.24, 2.45) is 23.7 Å². The summed E-state index contributed by atoms with van der Waals surface area (Å²) >= 11 is 0. The molecule has 0 aromatic rings. The highest BCUT2D eigenvalue weighted by molar-refractivity contribution is 7.47. The van der Waals surface area contributed by atoms with Crippen molar-refractivity contribution in [3.8, 4) is 0 Å². The van der Waals surface area contributed by atoms with Gasteiger partial charge in [0.05, 0.1) is 26.4 Å². The number of phosphoric ester groups is 2.